The molecule has 0 unspecified atom stereocenters. The van der Waals surface area contributed by atoms with Crippen LogP contribution in [-0.2, 0) is 11.2 Å². The number of benzene rings is 2. The Hall–Kier alpha value is -4.29. The number of primary amides is 1. The lowest BCUT2D eigenvalue weighted by atomic mass is 10.1. The van der Waals surface area contributed by atoms with Gasteiger partial charge in [0.2, 0.25) is 5.91 Å². The zero-order chi connectivity index (χ0) is 27.1. The summed E-state index contributed by atoms with van der Waals surface area (Å²) in [6.07, 6.45) is 2.13. The highest BCUT2D eigenvalue weighted by molar-refractivity contribution is 5.96. The van der Waals surface area contributed by atoms with Crippen LogP contribution < -0.4 is 20.1 Å². The minimum absolute atomic E-state index is 0.0289. The number of carbonyl (C=O) groups excluding carboxylic acids is 1. The molecule has 38 heavy (non-hydrogen) atoms. The average Bonchev–Trinajstić information content (AvgIpc) is 3.33. The number of nitrogens with two attached hydrogens (primary N) is 1. The van der Waals surface area contributed by atoms with Crippen molar-refractivity contribution in [3.05, 3.63) is 60.3 Å². The Kier molecular flexibility index (Phi) is 8.66. The van der Waals surface area contributed by atoms with Gasteiger partial charge in [0.05, 0.1) is 37.9 Å². The van der Waals surface area contributed by atoms with Gasteiger partial charge in [-0.1, -0.05) is 6.07 Å². The molecule has 2 heterocycles. The number of hydrogen-bond acceptors (Lipinski definition) is 9. The van der Waals surface area contributed by atoms with Gasteiger partial charge in [0.25, 0.3) is 0 Å². The number of aromatic nitrogens is 4. The normalized spacial score (nSPS) is 11.2. The van der Waals surface area contributed by atoms with Crippen molar-refractivity contribution in [1.29, 1.82) is 0 Å². The second-order valence-corrected chi connectivity index (χ2v) is 8.66. The first-order valence-electron chi connectivity index (χ1n) is 12.0. The Labute approximate surface area is 219 Å². The molecule has 4 rings (SSSR count). The summed E-state index contributed by atoms with van der Waals surface area (Å²) in [7, 11) is 3.48. The summed E-state index contributed by atoms with van der Waals surface area (Å²) in [4.78, 5) is 24.0. The zero-order valence-corrected chi connectivity index (χ0v) is 21.2. The number of aromatic amines is 1. The van der Waals surface area contributed by atoms with Gasteiger partial charge in [0.15, 0.2) is 17.3 Å². The number of anilines is 3. The summed E-state index contributed by atoms with van der Waals surface area (Å²) in [5.41, 5.74) is 6.89. The van der Waals surface area contributed by atoms with Gasteiger partial charge in [-0.15, -0.1) is 0 Å². The smallest absolute Gasteiger partial charge is 0.223 e. The molecule has 0 spiro atoms. The molecule has 0 aliphatic rings. The molecule has 200 valence electrons. The fourth-order valence-corrected chi connectivity index (χ4v) is 4.02. The van der Waals surface area contributed by atoms with E-state index in [0.29, 0.717) is 58.6 Å². The van der Waals surface area contributed by atoms with Gasteiger partial charge in [0.1, 0.15) is 18.0 Å². The highest BCUT2D eigenvalue weighted by Gasteiger charge is 2.22. The van der Waals surface area contributed by atoms with E-state index in [2.05, 4.69) is 20.2 Å². The van der Waals surface area contributed by atoms with Gasteiger partial charge in [0, 0.05) is 36.3 Å². The van der Waals surface area contributed by atoms with Crippen molar-refractivity contribution >= 4 is 34.1 Å². The van der Waals surface area contributed by atoms with Crippen molar-refractivity contribution in [3.8, 4) is 11.5 Å². The van der Waals surface area contributed by atoms with Crippen LogP contribution in [0.15, 0.2) is 48.8 Å². The van der Waals surface area contributed by atoms with Crippen molar-refractivity contribution in [3.63, 3.8) is 0 Å². The summed E-state index contributed by atoms with van der Waals surface area (Å²) in [5, 5.41) is 16.8. The molecule has 0 saturated carbocycles. The molecule has 0 atom stereocenters. The predicted octanol–water partition coefficient (Wildman–Crippen LogP) is 2.69. The largest absolute Gasteiger partial charge is 0.493 e. The minimum atomic E-state index is -0.512. The maximum atomic E-state index is 14.3. The molecule has 0 saturated heterocycles. The van der Waals surface area contributed by atoms with Crippen molar-refractivity contribution in [2.45, 2.75) is 12.8 Å². The Balaban J connectivity index is 1.72. The number of halogens is 1. The van der Waals surface area contributed by atoms with Crippen LogP contribution >= 0.6 is 0 Å². The van der Waals surface area contributed by atoms with Crippen molar-refractivity contribution in [2.75, 3.05) is 45.4 Å². The van der Waals surface area contributed by atoms with Crippen LogP contribution in [0.2, 0.25) is 0 Å². The van der Waals surface area contributed by atoms with Crippen molar-refractivity contribution in [2.24, 2.45) is 5.73 Å². The minimum Gasteiger partial charge on any atom is -0.493 e. The van der Waals surface area contributed by atoms with Gasteiger partial charge in [-0.3, -0.25) is 14.8 Å². The number of carbonyl (C=O) groups is 1. The molecule has 0 radical (unpaired) electrons. The number of hydrogen-bond donors (Lipinski definition) is 3. The quantitative estimate of drug-likeness (QED) is 0.225. The first-order valence-corrected chi connectivity index (χ1v) is 12.0. The van der Waals surface area contributed by atoms with Crippen LogP contribution in [-0.4, -0.2) is 76.5 Å². The van der Waals surface area contributed by atoms with Crippen molar-refractivity contribution in [1.82, 2.24) is 25.1 Å². The van der Waals surface area contributed by atoms with Crippen LogP contribution in [0.1, 0.15) is 12.1 Å². The Morgan fingerprint density at radius 2 is 2.00 bits per heavy atom. The number of likely N-dealkylation sites (N-methyl/N-ethyl adjacent to an activating group) is 1. The molecule has 2 aromatic carbocycles. The number of aliphatic hydroxyl groups is 1. The molecule has 1 amide bonds. The van der Waals surface area contributed by atoms with E-state index in [1.165, 1.54) is 18.5 Å². The molecule has 12 heteroatoms. The molecular formula is C26H30FN7O4. The van der Waals surface area contributed by atoms with E-state index in [1.807, 2.05) is 11.9 Å². The second kappa shape index (κ2) is 12.3. The Morgan fingerprint density at radius 1 is 1.16 bits per heavy atom. The number of methoxy groups -OCH3 is 1. The highest BCUT2D eigenvalue weighted by Crippen LogP contribution is 2.40. The maximum Gasteiger partial charge on any atom is 0.223 e. The monoisotopic (exact) mass is 523 g/mol. The second-order valence-electron chi connectivity index (χ2n) is 8.66. The lowest BCUT2D eigenvalue weighted by Crippen LogP contribution is -2.24. The van der Waals surface area contributed by atoms with E-state index < -0.39 is 11.7 Å². The predicted molar refractivity (Wildman–Crippen MR) is 140 cm³/mol. The summed E-state index contributed by atoms with van der Waals surface area (Å²) < 4.78 is 25.9. The first kappa shape index (κ1) is 26.8. The van der Waals surface area contributed by atoms with Gasteiger partial charge in [-0.25, -0.2) is 14.4 Å². The Morgan fingerprint density at radius 3 is 2.74 bits per heavy atom. The van der Waals surface area contributed by atoms with E-state index in [9.17, 15) is 9.18 Å². The lowest BCUT2D eigenvalue weighted by molar-refractivity contribution is -0.117. The number of H-pyrrole nitrogens is 1. The third kappa shape index (κ3) is 6.33. The molecule has 4 aromatic rings. The van der Waals surface area contributed by atoms with Crippen LogP contribution in [0.25, 0.3) is 10.9 Å². The standard InChI is InChI=1S/C26H30FN7O4/c1-33(8-9-35)7-4-10-38-23-15-21-20(14-22(23)37-2)26(30-16-29-21)34(19-6-3-5-17(27)11-19)25-13-18(31-32-25)12-24(28)36/h3,5-6,11,13-16,35H,4,7-10,12H2,1-2H3,(H2,28,36)(H,31,32). The Bertz CT molecular complexity index is 1400. The fraction of sp³-hybridized carbons (Fsp3) is 0.308. The van der Waals surface area contributed by atoms with Gasteiger partial charge in [-0.2, -0.15) is 5.10 Å². The zero-order valence-electron chi connectivity index (χ0n) is 21.2. The summed E-state index contributed by atoms with van der Waals surface area (Å²) >= 11 is 0. The first-order chi connectivity index (χ1) is 18.4. The van der Waals surface area contributed by atoms with Crippen molar-refractivity contribution < 1.29 is 23.8 Å². The topological polar surface area (TPSA) is 143 Å². The SMILES string of the molecule is COc1cc2c(N(c3cccc(F)c3)c3cc(CC(N)=O)[nH]n3)ncnc2cc1OCCCN(C)CCO. The average molecular weight is 524 g/mol. The number of amides is 1. The van der Waals surface area contributed by atoms with Crippen LogP contribution in [0.3, 0.4) is 0 Å². The fourth-order valence-electron chi connectivity index (χ4n) is 4.02. The third-order valence-electron chi connectivity index (χ3n) is 5.81. The van der Waals surface area contributed by atoms with E-state index in [0.717, 1.165) is 13.0 Å². The molecule has 0 aliphatic carbocycles. The van der Waals surface area contributed by atoms with E-state index in [4.69, 9.17) is 20.3 Å². The number of ether oxygens (including phenoxy) is 2. The lowest BCUT2D eigenvalue weighted by Gasteiger charge is -2.23. The van der Waals surface area contributed by atoms with Crippen LogP contribution in [0, 0.1) is 5.82 Å². The molecule has 11 nitrogen and oxygen atoms in total. The maximum absolute atomic E-state index is 14.3. The molecule has 0 fully saturated rings. The van der Waals surface area contributed by atoms with E-state index >= 15 is 0 Å². The van der Waals surface area contributed by atoms with Crippen LogP contribution in [0.4, 0.5) is 21.7 Å². The summed E-state index contributed by atoms with van der Waals surface area (Å²) in [6.45, 7) is 1.92. The number of fused-ring (bicyclic) bond motifs is 1. The number of rotatable bonds is 13. The van der Waals surface area contributed by atoms with Crippen LogP contribution in [0.5, 0.6) is 11.5 Å². The summed E-state index contributed by atoms with van der Waals surface area (Å²) in [5.74, 6) is 0.869. The number of aliphatic hydroxyl groups excluding tert-OH is 1. The van der Waals surface area contributed by atoms with Gasteiger partial charge in [-0.05, 0) is 37.7 Å². The highest BCUT2D eigenvalue weighted by atomic mass is 19.1. The number of nitrogens with zero attached hydrogens (tertiary/aromatic N) is 5. The van der Waals surface area contributed by atoms with Gasteiger partial charge >= 0.3 is 0 Å². The van der Waals surface area contributed by atoms with Gasteiger partial charge < -0.3 is 25.2 Å². The van der Waals surface area contributed by atoms with E-state index in [-0.39, 0.29) is 13.0 Å². The molecule has 2 aromatic heterocycles. The van der Waals surface area contributed by atoms with E-state index in [1.54, 1.807) is 42.3 Å². The molecule has 0 bridgehead atoms. The molecule has 0 aliphatic heterocycles. The molecule has 4 N–H and O–H groups in total. The molecular weight excluding hydrogens is 493 g/mol. The summed E-state index contributed by atoms with van der Waals surface area (Å²) in [6, 6.07) is 11.2. The third-order valence-corrected chi connectivity index (χ3v) is 5.81. The number of nitrogens with one attached hydrogen (secondary N) is 1.